The number of furan rings is 1. The molecule has 1 aliphatic heterocycles. The van der Waals surface area contributed by atoms with E-state index in [0.717, 1.165) is 39.8 Å². The number of aryl methyl sites for hydroxylation is 1. The molecule has 0 fully saturated rings. The van der Waals surface area contributed by atoms with Gasteiger partial charge in [0.05, 0.1) is 16.3 Å². The first kappa shape index (κ1) is 17.8. The molecule has 3 heterocycles. The molecule has 1 aliphatic rings. The molecule has 0 N–H and O–H groups in total. The Hall–Kier alpha value is -3.61. The van der Waals surface area contributed by atoms with E-state index in [1.165, 1.54) is 0 Å². The number of nitrogens with zero attached hydrogens (tertiary/aromatic N) is 4. The van der Waals surface area contributed by atoms with Crippen LogP contribution in [0.3, 0.4) is 0 Å². The van der Waals surface area contributed by atoms with Crippen LogP contribution >= 0.6 is 11.3 Å². The molecule has 6 heteroatoms. The van der Waals surface area contributed by atoms with Gasteiger partial charge >= 0.3 is 0 Å². The number of rotatable bonds is 4. The fraction of sp³-hybridized carbons (Fsp3) is 0.136. The van der Waals surface area contributed by atoms with Crippen LogP contribution in [0.5, 0.6) is 0 Å². The minimum atomic E-state index is -0.0130. The van der Waals surface area contributed by atoms with Crippen LogP contribution in [0, 0.1) is 29.6 Å². The highest BCUT2D eigenvalue weighted by atomic mass is 32.1. The molecule has 28 heavy (non-hydrogen) atoms. The Bertz CT molecular complexity index is 1110. The third-order valence-corrected chi connectivity index (χ3v) is 5.43. The highest BCUT2D eigenvalue weighted by Gasteiger charge is 2.32. The van der Waals surface area contributed by atoms with Gasteiger partial charge in [-0.1, -0.05) is 18.2 Å². The zero-order chi connectivity index (χ0) is 19.5. The summed E-state index contributed by atoms with van der Waals surface area (Å²) >= 11 is 1.68. The molecule has 136 valence electrons. The zero-order valence-corrected chi connectivity index (χ0v) is 16.0. The molecule has 1 unspecified atom stereocenters. The molecule has 0 spiro atoms. The highest BCUT2D eigenvalue weighted by molar-refractivity contribution is 7.12. The summed E-state index contributed by atoms with van der Waals surface area (Å²) < 4.78 is 5.90. The second-order valence-electron chi connectivity index (χ2n) is 6.41. The van der Waals surface area contributed by atoms with E-state index in [0.29, 0.717) is 0 Å². The van der Waals surface area contributed by atoms with Crippen LogP contribution in [0.2, 0.25) is 0 Å². The third-order valence-electron chi connectivity index (χ3n) is 4.52. The molecule has 5 nitrogen and oxygen atoms in total. The normalized spacial score (nSPS) is 15.6. The summed E-state index contributed by atoms with van der Waals surface area (Å²) in [6.07, 6.45) is 2.34. The van der Waals surface area contributed by atoms with Gasteiger partial charge in [0.1, 0.15) is 35.3 Å². The standard InChI is InChI=1S/C22H16N4OS/c1-15-4-9-21(27-15)20-12-19(22-3-2-10-28-22)25-26(20)18-7-5-16(6-8-18)11-17(13-23)14-24/h2-11,20H,12H2,1H3. The average molecular weight is 384 g/mol. The lowest BCUT2D eigenvalue weighted by Gasteiger charge is -2.22. The molecule has 4 rings (SSSR count). The van der Waals surface area contributed by atoms with Crippen molar-refractivity contribution in [3.8, 4) is 12.1 Å². The van der Waals surface area contributed by atoms with E-state index in [9.17, 15) is 0 Å². The minimum absolute atomic E-state index is 0.0130. The van der Waals surface area contributed by atoms with Gasteiger partial charge in [-0.25, -0.2) is 0 Å². The Morgan fingerprint density at radius 1 is 1.18 bits per heavy atom. The van der Waals surface area contributed by atoms with Gasteiger partial charge in [0.25, 0.3) is 0 Å². The van der Waals surface area contributed by atoms with Crippen molar-refractivity contribution in [1.82, 2.24) is 0 Å². The number of thiophene rings is 1. The summed E-state index contributed by atoms with van der Waals surface area (Å²) in [4.78, 5) is 1.16. The van der Waals surface area contributed by atoms with E-state index >= 15 is 0 Å². The Labute approximate surface area is 167 Å². The summed E-state index contributed by atoms with van der Waals surface area (Å²) in [5.41, 5.74) is 2.84. The maximum Gasteiger partial charge on any atom is 0.130 e. The molecule has 2 aromatic heterocycles. The van der Waals surface area contributed by atoms with Crippen molar-refractivity contribution in [2.24, 2.45) is 5.10 Å². The first-order valence-electron chi connectivity index (χ1n) is 8.77. The van der Waals surface area contributed by atoms with Crippen molar-refractivity contribution in [3.63, 3.8) is 0 Å². The number of nitriles is 2. The van der Waals surface area contributed by atoms with Crippen molar-refractivity contribution < 1.29 is 4.42 Å². The number of hydrogen-bond donors (Lipinski definition) is 0. The molecule has 0 aliphatic carbocycles. The molecular formula is C22H16N4OS. The molecule has 0 saturated heterocycles. The van der Waals surface area contributed by atoms with Crippen LogP contribution in [0.15, 0.2) is 69.0 Å². The van der Waals surface area contributed by atoms with Crippen LogP contribution in [0.1, 0.15) is 34.4 Å². The lowest BCUT2D eigenvalue weighted by Crippen LogP contribution is -2.17. The lowest BCUT2D eigenvalue weighted by atomic mass is 10.1. The first-order valence-corrected chi connectivity index (χ1v) is 9.65. The SMILES string of the molecule is Cc1ccc(C2CC(c3cccs3)=NN2c2ccc(C=C(C#N)C#N)cc2)o1. The number of allylic oxidation sites excluding steroid dienone is 1. The van der Waals surface area contributed by atoms with Crippen LogP contribution in [-0.4, -0.2) is 5.71 Å². The molecular weight excluding hydrogens is 368 g/mol. The first-order chi connectivity index (χ1) is 13.7. The van der Waals surface area contributed by atoms with Gasteiger partial charge in [-0.05, 0) is 54.3 Å². The zero-order valence-electron chi connectivity index (χ0n) is 15.2. The maximum absolute atomic E-state index is 8.92. The van der Waals surface area contributed by atoms with Crippen LogP contribution in [0.25, 0.3) is 6.08 Å². The second kappa shape index (κ2) is 7.56. The van der Waals surface area contributed by atoms with E-state index in [2.05, 4.69) is 11.4 Å². The second-order valence-corrected chi connectivity index (χ2v) is 7.36. The van der Waals surface area contributed by atoms with Gasteiger partial charge in [-0.2, -0.15) is 15.6 Å². The number of benzene rings is 1. The number of hydrogen-bond acceptors (Lipinski definition) is 6. The van der Waals surface area contributed by atoms with E-state index in [1.807, 2.05) is 66.5 Å². The van der Waals surface area contributed by atoms with Gasteiger partial charge < -0.3 is 4.42 Å². The number of anilines is 1. The fourth-order valence-corrected chi connectivity index (χ4v) is 3.89. The topological polar surface area (TPSA) is 76.3 Å². The Morgan fingerprint density at radius 2 is 1.96 bits per heavy atom. The van der Waals surface area contributed by atoms with E-state index in [4.69, 9.17) is 20.0 Å². The predicted molar refractivity (Wildman–Crippen MR) is 110 cm³/mol. The average Bonchev–Trinajstić information content (AvgIpc) is 3.46. The van der Waals surface area contributed by atoms with Gasteiger partial charge in [0.15, 0.2) is 0 Å². The monoisotopic (exact) mass is 384 g/mol. The van der Waals surface area contributed by atoms with E-state index in [1.54, 1.807) is 17.4 Å². The smallest absolute Gasteiger partial charge is 0.130 e. The summed E-state index contributed by atoms with van der Waals surface area (Å²) in [6.45, 7) is 1.94. The summed E-state index contributed by atoms with van der Waals surface area (Å²) in [5, 5.41) is 26.7. The molecule has 1 aromatic carbocycles. The van der Waals surface area contributed by atoms with Crippen molar-refractivity contribution in [1.29, 1.82) is 10.5 Å². The molecule has 0 bridgehead atoms. The van der Waals surface area contributed by atoms with Crippen molar-refractivity contribution in [2.75, 3.05) is 5.01 Å². The molecule has 0 radical (unpaired) electrons. The van der Waals surface area contributed by atoms with E-state index in [-0.39, 0.29) is 11.6 Å². The van der Waals surface area contributed by atoms with E-state index < -0.39 is 0 Å². The largest absolute Gasteiger partial charge is 0.464 e. The summed E-state index contributed by atoms with van der Waals surface area (Å²) in [7, 11) is 0. The van der Waals surface area contributed by atoms with Crippen LogP contribution < -0.4 is 5.01 Å². The fourth-order valence-electron chi connectivity index (χ4n) is 3.17. The molecule has 0 saturated carbocycles. The summed E-state index contributed by atoms with van der Waals surface area (Å²) in [5.74, 6) is 1.76. The molecule has 1 atom stereocenters. The third kappa shape index (κ3) is 3.46. The quantitative estimate of drug-likeness (QED) is 0.562. The minimum Gasteiger partial charge on any atom is -0.464 e. The van der Waals surface area contributed by atoms with Gasteiger partial charge in [-0.15, -0.1) is 11.3 Å². The molecule has 0 amide bonds. The Morgan fingerprint density at radius 3 is 2.57 bits per heavy atom. The van der Waals surface area contributed by atoms with Crippen molar-refractivity contribution in [3.05, 3.63) is 81.4 Å². The van der Waals surface area contributed by atoms with Gasteiger partial charge in [0, 0.05) is 6.42 Å². The molecule has 3 aromatic rings. The van der Waals surface area contributed by atoms with Crippen molar-refractivity contribution in [2.45, 2.75) is 19.4 Å². The lowest BCUT2D eigenvalue weighted by molar-refractivity contribution is 0.445. The predicted octanol–water partition coefficient (Wildman–Crippen LogP) is 5.44. The Balaban J connectivity index is 1.69. The Kier molecular flexibility index (Phi) is 4.80. The maximum atomic E-state index is 8.92. The van der Waals surface area contributed by atoms with Gasteiger partial charge in [0.2, 0.25) is 0 Å². The number of hydrazone groups is 1. The van der Waals surface area contributed by atoms with Crippen LogP contribution in [0.4, 0.5) is 5.69 Å². The van der Waals surface area contributed by atoms with Crippen LogP contribution in [-0.2, 0) is 0 Å². The van der Waals surface area contributed by atoms with Gasteiger partial charge in [-0.3, -0.25) is 5.01 Å². The van der Waals surface area contributed by atoms with Crippen molar-refractivity contribution >= 4 is 28.8 Å². The highest BCUT2D eigenvalue weighted by Crippen LogP contribution is 2.38. The summed E-state index contributed by atoms with van der Waals surface area (Å²) in [6, 6.07) is 19.5.